The monoisotopic (exact) mass is 791 g/mol. The normalized spacial score (nSPS) is 11.2. The predicted molar refractivity (Wildman–Crippen MR) is 261 cm³/mol. The lowest BCUT2D eigenvalue weighted by Crippen LogP contribution is -2.11. The van der Waals surface area contributed by atoms with E-state index in [1.165, 1.54) is 44.5 Å². The summed E-state index contributed by atoms with van der Waals surface area (Å²) < 4.78 is 6.45. The van der Waals surface area contributed by atoms with Crippen LogP contribution in [0.15, 0.2) is 253 Å². The number of furan rings is 1. The molecule has 11 rings (SSSR count). The zero-order valence-electron chi connectivity index (χ0n) is 34.0. The lowest BCUT2D eigenvalue weighted by Gasteiger charge is -2.28. The fourth-order valence-electron chi connectivity index (χ4n) is 9.02. The summed E-state index contributed by atoms with van der Waals surface area (Å²) in [5.74, 6) is 0. The Morgan fingerprint density at radius 1 is 0.242 bits per heavy atom. The van der Waals surface area contributed by atoms with Crippen molar-refractivity contribution in [2.75, 3.05) is 4.90 Å². The molecule has 0 amide bonds. The largest absolute Gasteiger partial charge is 0.455 e. The van der Waals surface area contributed by atoms with Gasteiger partial charge in [-0.25, -0.2) is 0 Å². The van der Waals surface area contributed by atoms with Crippen LogP contribution in [-0.4, -0.2) is 0 Å². The highest BCUT2D eigenvalue weighted by Crippen LogP contribution is 2.45. The van der Waals surface area contributed by atoms with E-state index in [0.717, 1.165) is 61.3 Å². The molecule has 0 fully saturated rings. The molecule has 11 aromatic rings. The second-order valence-corrected chi connectivity index (χ2v) is 15.6. The van der Waals surface area contributed by atoms with E-state index in [-0.39, 0.29) is 0 Å². The maximum atomic E-state index is 6.45. The molecule has 0 unspecified atom stereocenters. The van der Waals surface area contributed by atoms with E-state index in [9.17, 15) is 0 Å². The van der Waals surface area contributed by atoms with Gasteiger partial charge in [-0.15, -0.1) is 0 Å². The molecule has 0 radical (unpaired) electrons. The van der Waals surface area contributed by atoms with Crippen molar-refractivity contribution in [1.82, 2.24) is 0 Å². The molecular weight excluding hydrogens is 751 g/mol. The first-order chi connectivity index (χ1) is 30.8. The van der Waals surface area contributed by atoms with Crippen LogP contribution in [0, 0.1) is 0 Å². The van der Waals surface area contributed by atoms with Crippen LogP contribution in [0.1, 0.15) is 0 Å². The van der Waals surface area contributed by atoms with Gasteiger partial charge in [0.1, 0.15) is 11.2 Å². The summed E-state index contributed by atoms with van der Waals surface area (Å²) in [5, 5.41) is 2.26. The standard InChI is InChI=1S/C60H41NO/c1-3-18-42(19-4-1)48-22-7-9-25-52(48)54-27-11-12-28-55(54)53-26-10-8-23-49(53)44-34-38-46(39-35-44)61(58-32-15-13-24-50(58)43-20-5-2-6-21-43)47-40-36-45(37-41-47)51-30-17-31-57-56-29-14-16-33-59(56)62-60(51)57/h1-41H. The zero-order chi connectivity index (χ0) is 41.2. The maximum absolute atomic E-state index is 6.45. The van der Waals surface area contributed by atoms with E-state index in [1.807, 2.05) is 12.1 Å². The number of rotatable bonds is 9. The third kappa shape index (κ3) is 6.74. The van der Waals surface area contributed by atoms with Crippen LogP contribution in [0.4, 0.5) is 17.1 Å². The molecule has 0 spiro atoms. The van der Waals surface area contributed by atoms with Crippen LogP contribution >= 0.6 is 0 Å². The van der Waals surface area contributed by atoms with Gasteiger partial charge in [0.05, 0.1) is 5.69 Å². The average Bonchev–Trinajstić information content (AvgIpc) is 3.74. The van der Waals surface area contributed by atoms with Gasteiger partial charge in [-0.05, 0) is 92.0 Å². The van der Waals surface area contributed by atoms with Gasteiger partial charge in [0.15, 0.2) is 0 Å². The molecule has 2 heteroatoms. The summed E-state index contributed by atoms with van der Waals surface area (Å²) in [7, 11) is 0. The van der Waals surface area contributed by atoms with Crippen molar-refractivity contribution in [3.8, 4) is 66.8 Å². The average molecular weight is 792 g/mol. The Bertz CT molecular complexity index is 3330. The Kier molecular flexibility index (Phi) is 9.57. The van der Waals surface area contributed by atoms with Gasteiger partial charge < -0.3 is 9.32 Å². The molecule has 0 N–H and O–H groups in total. The first-order valence-electron chi connectivity index (χ1n) is 21.2. The zero-order valence-corrected chi connectivity index (χ0v) is 34.0. The lowest BCUT2D eigenvalue weighted by molar-refractivity contribution is 0.670. The predicted octanol–water partition coefficient (Wildman–Crippen LogP) is 17.1. The summed E-state index contributed by atoms with van der Waals surface area (Å²) in [6.07, 6.45) is 0. The highest BCUT2D eigenvalue weighted by molar-refractivity contribution is 6.09. The van der Waals surface area contributed by atoms with Crippen LogP contribution in [0.5, 0.6) is 0 Å². The van der Waals surface area contributed by atoms with Gasteiger partial charge >= 0.3 is 0 Å². The van der Waals surface area contributed by atoms with E-state index >= 15 is 0 Å². The molecule has 0 aliphatic rings. The van der Waals surface area contributed by atoms with Crippen molar-refractivity contribution in [3.63, 3.8) is 0 Å². The number of hydrogen-bond acceptors (Lipinski definition) is 2. The summed E-state index contributed by atoms with van der Waals surface area (Å²) >= 11 is 0. The molecule has 1 heterocycles. The summed E-state index contributed by atoms with van der Waals surface area (Å²) in [6.45, 7) is 0. The van der Waals surface area contributed by atoms with Crippen LogP contribution < -0.4 is 4.90 Å². The van der Waals surface area contributed by atoms with Gasteiger partial charge in [-0.2, -0.15) is 0 Å². The van der Waals surface area contributed by atoms with Crippen molar-refractivity contribution in [1.29, 1.82) is 0 Å². The van der Waals surface area contributed by atoms with Crippen LogP contribution in [-0.2, 0) is 0 Å². The van der Waals surface area contributed by atoms with Gasteiger partial charge in [-0.3, -0.25) is 0 Å². The summed E-state index contributed by atoms with van der Waals surface area (Å²) in [4.78, 5) is 2.37. The molecule has 62 heavy (non-hydrogen) atoms. The molecule has 0 aliphatic heterocycles. The van der Waals surface area contributed by atoms with Crippen LogP contribution in [0.25, 0.3) is 88.7 Å². The number of para-hydroxylation sites is 3. The molecule has 2 nitrogen and oxygen atoms in total. The van der Waals surface area contributed by atoms with E-state index in [1.54, 1.807) is 0 Å². The van der Waals surface area contributed by atoms with E-state index in [4.69, 9.17) is 4.42 Å². The molecule has 0 saturated carbocycles. The molecule has 0 bridgehead atoms. The Hall–Kier alpha value is -8.20. The van der Waals surface area contributed by atoms with Crippen molar-refractivity contribution in [3.05, 3.63) is 249 Å². The summed E-state index contributed by atoms with van der Waals surface area (Å²) in [6, 6.07) is 89.0. The first-order valence-corrected chi connectivity index (χ1v) is 21.2. The van der Waals surface area contributed by atoms with Crippen LogP contribution in [0.3, 0.4) is 0 Å². The molecule has 0 aliphatic carbocycles. The third-order valence-corrected chi connectivity index (χ3v) is 12.0. The Labute approximate surface area is 362 Å². The first kappa shape index (κ1) is 36.8. The van der Waals surface area contributed by atoms with E-state index in [0.29, 0.717) is 0 Å². The minimum Gasteiger partial charge on any atom is -0.455 e. The SMILES string of the molecule is c1ccc(-c2ccccc2-c2ccccc2-c2ccccc2-c2ccc(N(c3ccc(-c4cccc5c4oc4ccccc45)cc3)c3ccccc3-c3ccccc3)cc2)cc1. The number of hydrogen-bond donors (Lipinski definition) is 0. The smallest absolute Gasteiger partial charge is 0.143 e. The second kappa shape index (κ2) is 16.1. The minimum absolute atomic E-state index is 0.902. The highest BCUT2D eigenvalue weighted by atomic mass is 16.3. The molecule has 0 atom stereocenters. The van der Waals surface area contributed by atoms with Crippen LogP contribution in [0.2, 0.25) is 0 Å². The van der Waals surface area contributed by atoms with Crippen molar-refractivity contribution in [2.24, 2.45) is 0 Å². The van der Waals surface area contributed by atoms with Crippen molar-refractivity contribution < 1.29 is 4.42 Å². The molecule has 0 saturated heterocycles. The van der Waals surface area contributed by atoms with E-state index in [2.05, 4.69) is 241 Å². The van der Waals surface area contributed by atoms with Gasteiger partial charge in [0.25, 0.3) is 0 Å². The van der Waals surface area contributed by atoms with Gasteiger partial charge in [-0.1, -0.05) is 212 Å². The Morgan fingerprint density at radius 2 is 0.613 bits per heavy atom. The Balaban J connectivity index is 1.01. The molecular formula is C60H41NO. The van der Waals surface area contributed by atoms with Crippen molar-refractivity contribution in [2.45, 2.75) is 0 Å². The lowest BCUT2D eigenvalue weighted by atomic mass is 9.87. The topological polar surface area (TPSA) is 16.4 Å². The van der Waals surface area contributed by atoms with E-state index < -0.39 is 0 Å². The minimum atomic E-state index is 0.902. The Morgan fingerprint density at radius 3 is 1.18 bits per heavy atom. The van der Waals surface area contributed by atoms with Gasteiger partial charge in [0, 0.05) is 33.3 Å². The highest BCUT2D eigenvalue weighted by Gasteiger charge is 2.20. The summed E-state index contributed by atoms with van der Waals surface area (Å²) in [5.41, 5.74) is 19.1. The molecule has 1 aromatic heterocycles. The molecule has 292 valence electrons. The number of anilines is 3. The third-order valence-electron chi connectivity index (χ3n) is 12.0. The van der Waals surface area contributed by atoms with Crippen molar-refractivity contribution >= 4 is 39.0 Å². The van der Waals surface area contributed by atoms with Gasteiger partial charge in [0.2, 0.25) is 0 Å². The number of benzene rings is 10. The molecule has 10 aromatic carbocycles. The fourth-order valence-corrected chi connectivity index (χ4v) is 9.02. The number of fused-ring (bicyclic) bond motifs is 3. The fraction of sp³-hybridized carbons (Fsp3) is 0. The number of nitrogens with zero attached hydrogens (tertiary/aromatic N) is 1. The second-order valence-electron chi connectivity index (χ2n) is 15.6. The quantitative estimate of drug-likeness (QED) is 0.145. The maximum Gasteiger partial charge on any atom is 0.143 e.